The summed E-state index contributed by atoms with van der Waals surface area (Å²) in [6, 6.07) is 7.34. The fourth-order valence-electron chi connectivity index (χ4n) is 2.51. The van der Waals surface area contributed by atoms with Gasteiger partial charge in [0.1, 0.15) is 10.8 Å². The Hall–Kier alpha value is -2.15. The molecular formula is C15H18N4O2S. The van der Waals surface area contributed by atoms with Crippen LogP contribution in [0.1, 0.15) is 15.4 Å². The largest absolute Gasteiger partial charge is 0.496 e. The number of rotatable bonds is 3. The number of aryl methyl sites for hydroxylation is 1. The molecule has 1 aliphatic rings. The summed E-state index contributed by atoms with van der Waals surface area (Å²) in [7, 11) is 1.59. The van der Waals surface area contributed by atoms with Crippen molar-refractivity contribution in [2.45, 2.75) is 6.92 Å². The van der Waals surface area contributed by atoms with Gasteiger partial charge in [-0.15, -0.1) is 10.2 Å². The number of methoxy groups -OCH3 is 1. The van der Waals surface area contributed by atoms with Crippen LogP contribution in [0.2, 0.25) is 0 Å². The van der Waals surface area contributed by atoms with E-state index in [0.717, 1.165) is 23.2 Å². The van der Waals surface area contributed by atoms with E-state index in [2.05, 4.69) is 15.1 Å². The summed E-state index contributed by atoms with van der Waals surface area (Å²) in [6.07, 6.45) is 0. The maximum Gasteiger partial charge on any atom is 0.257 e. The number of carbonyl (C=O) groups is 1. The topological polar surface area (TPSA) is 58.6 Å². The number of benzene rings is 1. The summed E-state index contributed by atoms with van der Waals surface area (Å²) >= 11 is 1.59. The molecule has 22 heavy (non-hydrogen) atoms. The number of hydrogen-bond acceptors (Lipinski definition) is 6. The number of amides is 1. The average Bonchev–Trinajstić information content (AvgIpc) is 3.01. The predicted octanol–water partition coefficient (Wildman–Crippen LogP) is 1.82. The molecule has 1 saturated heterocycles. The Morgan fingerprint density at radius 2 is 1.91 bits per heavy atom. The van der Waals surface area contributed by atoms with Crippen molar-refractivity contribution in [2.75, 3.05) is 38.2 Å². The minimum Gasteiger partial charge on any atom is -0.496 e. The second kappa shape index (κ2) is 6.31. The Bertz CT molecular complexity index is 665. The fraction of sp³-hybridized carbons (Fsp3) is 0.400. The summed E-state index contributed by atoms with van der Waals surface area (Å²) in [4.78, 5) is 16.7. The molecule has 116 valence electrons. The highest BCUT2D eigenvalue weighted by atomic mass is 32.1. The number of hydrogen-bond donors (Lipinski definition) is 0. The standard InChI is InChI=1S/C15H18N4O2S/c1-11-16-17-15(22-11)19-9-7-18(8-10-19)14(20)12-5-3-4-6-13(12)21-2/h3-6H,7-10H2,1-2H3. The Labute approximate surface area is 133 Å². The van der Waals surface area contributed by atoms with Crippen molar-refractivity contribution in [1.82, 2.24) is 15.1 Å². The van der Waals surface area contributed by atoms with E-state index in [1.807, 2.05) is 36.1 Å². The number of piperazine rings is 1. The molecule has 1 aliphatic heterocycles. The van der Waals surface area contributed by atoms with Gasteiger partial charge in [0, 0.05) is 26.2 Å². The number of carbonyl (C=O) groups excluding carboxylic acids is 1. The van der Waals surface area contributed by atoms with Crippen molar-refractivity contribution < 1.29 is 9.53 Å². The summed E-state index contributed by atoms with van der Waals surface area (Å²) < 4.78 is 5.28. The third kappa shape index (κ3) is 2.89. The zero-order valence-corrected chi connectivity index (χ0v) is 13.5. The van der Waals surface area contributed by atoms with Gasteiger partial charge in [-0.3, -0.25) is 4.79 Å². The van der Waals surface area contributed by atoms with Gasteiger partial charge in [0.25, 0.3) is 5.91 Å². The van der Waals surface area contributed by atoms with Crippen molar-refractivity contribution >= 4 is 22.4 Å². The van der Waals surface area contributed by atoms with Crippen LogP contribution in [0.3, 0.4) is 0 Å². The van der Waals surface area contributed by atoms with Gasteiger partial charge in [-0.1, -0.05) is 23.5 Å². The number of nitrogens with zero attached hydrogens (tertiary/aromatic N) is 4. The van der Waals surface area contributed by atoms with Crippen LogP contribution in [0, 0.1) is 6.92 Å². The maximum atomic E-state index is 12.6. The average molecular weight is 318 g/mol. The second-order valence-electron chi connectivity index (χ2n) is 5.08. The quantitative estimate of drug-likeness (QED) is 0.864. The highest BCUT2D eigenvalue weighted by Gasteiger charge is 2.25. The first-order valence-corrected chi connectivity index (χ1v) is 7.98. The minimum absolute atomic E-state index is 0.0190. The second-order valence-corrected chi connectivity index (χ2v) is 6.24. The highest BCUT2D eigenvalue weighted by Crippen LogP contribution is 2.23. The van der Waals surface area contributed by atoms with Crippen molar-refractivity contribution in [1.29, 1.82) is 0 Å². The first kappa shape index (κ1) is 14.8. The first-order valence-electron chi connectivity index (χ1n) is 7.16. The van der Waals surface area contributed by atoms with E-state index >= 15 is 0 Å². The lowest BCUT2D eigenvalue weighted by molar-refractivity contribution is 0.0743. The molecule has 2 aromatic rings. The van der Waals surface area contributed by atoms with E-state index in [-0.39, 0.29) is 5.91 Å². The Balaban J connectivity index is 1.67. The van der Waals surface area contributed by atoms with Crippen LogP contribution in [0.15, 0.2) is 24.3 Å². The lowest BCUT2D eigenvalue weighted by Gasteiger charge is -2.34. The Morgan fingerprint density at radius 1 is 1.18 bits per heavy atom. The van der Waals surface area contributed by atoms with Gasteiger partial charge >= 0.3 is 0 Å². The zero-order chi connectivity index (χ0) is 15.5. The maximum absolute atomic E-state index is 12.6. The van der Waals surface area contributed by atoms with Crippen molar-refractivity contribution in [2.24, 2.45) is 0 Å². The third-order valence-corrected chi connectivity index (χ3v) is 4.59. The molecule has 0 saturated carbocycles. The van der Waals surface area contributed by atoms with Gasteiger partial charge < -0.3 is 14.5 Å². The number of para-hydroxylation sites is 1. The molecule has 0 N–H and O–H groups in total. The van der Waals surface area contributed by atoms with Crippen LogP contribution in [0.4, 0.5) is 5.13 Å². The molecule has 1 aromatic carbocycles. The zero-order valence-electron chi connectivity index (χ0n) is 12.7. The molecule has 6 nitrogen and oxygen atoms in total. The van der Waals surface area contributed by atoms with Crippen molar-refractivity contribution in [3.63, 3.8) is 0 Å². The van der Waals surface area contributed by atoms with Crippen LogP contribution in [0.25, 0.3) is 0 Å². The summed E-state index contributed by atoms with van der Waals surface area (Å²) in [5.74, 6) is 0.639. The van der Waals surface area contributed by atoms with E-state index < -0.39 is 0 Å². The van der Waals surface area contributed by atoms with Crippen molar-refractivity contribution in [3.8, 4) is 5.75 Å². The van der Waals surface area contributed by atoms with E-state index in [4.69, 9.17) is 4.74 Å². The molecule has 1 amide bonds. The summed E-state index contributed by atoms with van der Waals surface area (Å²) in [5.41, 5.74) is 0.616. The minimum atomic E-state index is 0.0190. The van der Waals surface area contributed by atoms with Gasteiger partial charge in [0.15, 0.2) is 0 Å². The third-order valence-electron chi connectivity index (χ3n) is 3.69. The molecule has 0 atom stereocenters. The van der Waals surface area contributed by atoms with Gasteiger partial charge in [-0.05, 0) is 19.1 Å². The first-order chi connectivity index (χ1) is 10.7. The van der Waals surface area contributed by atoms with Crippen LogP contribution in [-0.2, 0) is 0 Å². The molecule has 1 fully saturated rings. The van der Waals surface area contributed by atoms with Crippen LogP contribution < -0.4 is 9.64 Å². The molecule has 0 aliphatic carbocycles. The normalized spacial score (nSPS) is 15.0. The summed E-state index contributed by atoms with van der Waals surface area (Å²) in [5, 5.41) is 10.1. The van der Waals surface area contributed by atoms with E-state index in [0.29, 0.717) is 24.4 Å². The molecule has 1 aromatic heterocycles. The molecule has 0 spiro atoms. The molecule has 0 radical (unpaired) electrons. The van der Waals surface area contributed by atoms with E-state index in [1.165, 1.54) is 0 Å². The molecule has 0 unspecified atom stereocenters. The van der Waals surface area contributed by atoms with Crippen molar-refractivity contribution in [3.05, 3.63) is 34.8 Å². The number of aromatic nitrogens is 2. The van der Waals surface area contributed by atoms with Gasteiger partial charge in [-0.2, -0.15) is 0 Å². The number of anilines is 1. The lowest BCUT2D eigenvalue weighted by Crippen LogP contribution is -2.48. The van der Waals surface area contributed by atoms with Crippen LogP contribution in [0.5, 0.6) is 5.75 Å². The molecule has 3 rings (SSSR count). The fourth-order valence-corrected chi connectivity index (χ4v) is 3.25. The Kier molecular flexibility index (Phi) is 4.24. The monoisotopic (exact) mass is 318 g/mol. The van der Waals surface area contributed by atoms with Crippen LogP contribution >= 0.6 is 11.3 Å². The molecular weight excluding hydrogens is 300 g/mol. The highest BCUT2D eigenvalue weighted by molar-refractivity contribution is 7.15. The van der Waals surface area contributed by atoms with Gasteiger partial charge in [-0.25, -0.2) is 0 Å². The smallest absolute Gasteiger partial charge is 0.257 e. The van der Waals surface area contributed by atoms with E-state index in [9.17, 15) is 4.79 Å². The van der Waals surface area contributed by atoms with Crippen LogP contribution in [-0.4, -0.2) is 54.3 Å². The summed E-state index contributed by atoms with van der Waals surface area (Å²) in [6.45, 7) is 4.85. The molecule has 0 bridgehead atoms. The van der Waals surface area contributed by atoms with Gasteiger partial charge in [0.2, 0.25) is 5.13 Å². The molecule has 7 heteroatoms. The van der Waals surface area contributed by atoms with Gasteiger partial charge in [0.05, 0.1) is 12.7 Å². The number of ether oxygens (including phenoxy) is 1. The lowest BCUT2D eigenvalue weighted by atomic mass is 10.1. The SMILES string of the molecule is COc1ccccc1C(=O)N1CCN(c2nnc(C)s2)CC1. The van der Waals surface area contributed by atoms with E-state index in [1.54, 1.807) is 18.4 Å². The predicted molar refractivity (Wildman–Crippen MR) is 85.8 cm³/mol. The Morgan fingerprint density at radius 3 is 2.55 bits per heavy atom. The molecule has 2 heterocycles.